The monoisotopic (exact) mass is 447 g/mol. The zero-order valence-electron chi connectivity index (χ0n) is 19.2. The Kier molecular flexibility index (Phi) is 5.78. The van der Waals surface area contributed by atoms with Gasteiger partial charge in [0.2, 0.25) is 5.79 Å². The van der Waals surface area contributed by atoms with Crippen molar-refractivity contribution in [2.45, 2.75) is 84.0 Å². The highest BCUT2D eigenvalue weighted by molar-refractivity contribution is 5.87. The molecule has 8 heteroatoms. The van der Waals surface area contributed by atoms with E-state index >= 15 is 0 Å². The van der Waals surface area contributed by atoms with E-state index in [2.05, 4.69) is 18.8 Å². The number of rotatable bonds is 5. The van der Waals surface area contributed by atoms with Crippen molar-refractivity contribution in [3.63, 3.8) is 0 Å². The Morgan fingerprint density at radius 1 is 1.19 bits per heavy atom. The van der Waals surface area contributed by atoms with Gasteiger partial charge in [-0.25, -0.2) is 19.6 Å². The van der Waals surface area contributed by atoms with E-state index in [1.807, 2.05) is 13.0 Å². The standard InChI is InChI=1S/C24H33NO7/c1-5-27-20(26)19-9-7-16(12-25-19)13-28-21-15(3)18-8-6-14(2)17-10-11-23(4)30-22(29-21)24(17,18)32-31-23/h7,9,12,14-15,17-18,21-22H,5-6,8,10-11,13H2,1-4H3/t14-,15-,17+,18?,21+,22-,23+,24-/m1/s1. The van der Waals surface area contributed by atoms with Crippen LogP contribution in [-0.2, 0) is 35.3 Å². The summed E-state index contributed by atoms with van der Waals surface area (Å²) in [5, 5.41) is 0. The summed E-state index contributed by atoms with van der Waals surface area (Å²) in [4.78, 5) is 28.0. The van der Waals surface area contributed by atoms with E-state index in [0.29, 0.717) is 25.0 Å². The highest BCUT2D eigenvalue weighted by atomic mass is 17.3. The van der Waals surface area contributed by atoms with Crippen LogP contribution in [0.3, 0.4) is 0 Å². The van der Waals surface area contributed by atoms with Crippen LogP contribution in [0, 0.1) is 23.7 Å². The van der Waals surface area contributed by atoms with Crippen molar-refractivity contribution in [2.75, 3.05) is 6.61 Å². The minimum Gasteiger partial charge on any atom is -0.461 e. The van der Waals surface area contributed by atoms with Gasteiger partial charge in [-0.2, -0.15) is 0 Å². The molecule has 1 aromatic rings. The fourth-order valence-electron chi connectivity index (χ4n) is 6.08. The van der Waals surface area contributed by atoms with Gasteiger partial charge in [0.05, 0.1) is 13.2 Å². The molecule has 6 rings (SSSR count). The summed E-state index contributed by atoms with van der Waals surface area (Å²) in [6, 6.07) is 3.48. The maximum atomic E-state index is 11.8. The number of carbonyl (C=O) groups is 1. The number of ether oxygens (including phenoxy) is 4. The lowest BCUT2D eigenvalue weighted by Gasteiger charge is -2.60. The normalized spacial score (nSPS) is 42.8. The highest BCUT2D eigenvalue weighted by Crippen LogP contribution is 2.60. The van der Waals surface area contributed by atoms with Gasteiger partial charge >= 0.3 is 5.97 Å². The van der Waals surface area contributed by atoms with Crippen LogP contribution in [0.4, 0.5) is 0 Å². The van der Waals surface area contributed by atoms with E-state index < -0.39 is 29.9 Å². The summed E-state index contributed by atoms with van der Waals surface area (Å²) in [7, 11) is 0. The lowest BCUT2D eigenvalue weighted by molar-refractivity contribution is -0.577. The van der Waals surface area contributed by atoms with Crippen molar-refractivity contribution in [2.24, 2.45) is 23.7 Å². The van der Waals surface area contributed by atoms with Crippen LogP contribution >= 0.6 is 0 Å². The molecule has 5 aliphatic rings. The van der Waals surface area contributed by atoms with Crippen LogP contribution in [0.1, 0.15) is 69.4 Å². The smallest absolute Gasteiger partial charge is 0.356 e. The van der Waals surface area contributed by atoms with Crippen molar-refractivity contribution in [3.8, 4) is 0 Å². The predicted molar refractivity (Wildman–Crippen MR) is 112 cm³/mol. The van der Waals surface area contributed by atoms with Crippen molar-refractivity contribution in [1.82, 2.24) is 4.98 Å². The average Bonchev–Trinajstić information content (AvgIpc) is 3.01. The molecular formula is C24H33NO7. The molecule has 4 aliphatic heterocycles. The minimum atomic E-state index is -0.796. The lowest BCUT2D eigenvalue weighted by Crippen LogP contribution is -2.70. The van der Waals surface area contributed by atoms with E-state index in [4.69, 9.17) is 28.7 Å². The van der Waals surface area contributed by atoms with E-state index in [-0.39, 0.29) is 17.5 Å². The zero-order chi connectivity index (χ0) is 22.5. The molecule has 176 valence electrons. The molecule has 8 atom stereocenters. The summed E-state index contributed by atoms with van der Waals surface area (Å²) >= 11 is 0. The molecular weight excluding hydrogens is 414 g/mol. The number of aromatic nitrogens is 1. The molecule has 4 saturated heterocycles. The fraction of sp³-hybridized carbons (Fsp3) is 0.750. The second-order valence-corrected chi connectivity index (χ2v) is 9.86. The van der Waals surface area contributed by atoms with Crippen LogP contribution in [0.25, 0.3) is 0 Å². The van der Waals surface area contributed by atoms with E-state index in [1.54, 1.807) is 19.2 Å². The lowest BCUT2D eigenvalue weighted by atomic mass is 9.58. The number of nitrogens with zero attached hydrogens (tertiary/aromatic N) is 1. The molecule has 2 bridgehead atoms. The maximum Gasteiger partial charge on any atom is 0.356 e. The van der Waals surface area contributed by atoms with E-state index in [1.165, 1.54) is 0 Å². The Bertz CT molecular complexity index is 847. The predicted octanol–water partition coefficient (Wildman–Crippen LogP) is 3.98. The van der Waals surface area contributed by atoms with Crippen LogP contribution in [0.2, 0.25) is 0 Å². The van der Waals surface area contributed by atoms with Crippen molar-refractivity contribution >= 4 is 5.97 Å². The zero-order valence-corrected chi connectivity index (χ0v) is 19.2. The third-order valence-electron chi connectivity index (χ3n) is 7.82. The van der Waals surface area contributed by atoms with Crippen molar-refractivity contribution in [1.29, 1.82) is 0 Å². The highest BCUT2D eigenvalue weighted by Gasteiger charge is 2.69. The van der Waals surface area contributed by atoms with Crippen LogP contribution in [0.15, 0.2) is 18.3 Å². The van der Waals surface area contributed by atoms with Gasteiger partial charge < -0.3 is 18.9 Å². The molecule has 0 amide bonds. The summed E-state index contributed by atoms with van der Waals surface area (Å²) < 4.78 is 24.0. The van der Waals surface area contributed by atoms with Crippen LogP contribution < -0.4 is 0 Å². The molecule has 0 aromatic carbocycles. The number of hydrogen-bond acceptors (Lipinski definition) is 8. The summed E-state index contributed by atoms with van der Waals surface area (Å²) in [5.74, 6) is -0.0265. The summed E-state index contributed by atoms with van der Waals surface area (Å²) in [5.41, 5.74) is 0.560. The molecule has 5 heterocycles. The molecule has 0 radical (unpaired) electrons. The topological polar surface area (TPSA) is 85.3 Å². The van der Waals surface area contributed by atoms with Gasteiger partial charge in [0.1, 0.15) is 5.69 Å². The molecule has 8 nitrogen and oxygen atoms in total. The molecule has 5 fully saturated rings. The number of hydrogen-bond donors (Lipinski definition) is 0. The molecule has 1 saturated carbocycles. The van der Waals surface area contributed by atoms with Gasteiger partial charge in [-0.3, -0.25) is 0 Å². The third kappa shape index (κ3) is 3.56. The molecule has 32 heavy (non-hydrogen) atoms. The average molecular weight is 448 g/mol. The Hall–Kier alpha value is -1.58. The van der Waals surface area contributed by atoms with E-state index in [9.17, 15) is 4.79 Å². The van der Waals surface area contributed by atoms with Crippen molar-refractivity contribution < 1.29 is 33.5 Å². The third-order valence-corrected chi connectivity index (χ3v) is 7.82. The number of fused-ring (bicyclic) bond motifs is 2. The van der Waals surface area contributed by atoms with Gasteiger partial charge in [0, 0.05) is 24.5 Å². The summed E-state index contributed by atoms with van der Waals surface area (Å²) in [6.45, 7) is 8.80. The van der Waals surface area contributed by atoms with Gasteiger partial charge in [0.25, 0.3) is 0 Å². The number of esters is 1. The van der Waals surface area contributed by atoms with Gasteiger partial charge in [-0.1, -0.05) is 19.9 Å². The Morgan fingerprint density at radius 3 is 2.78 bits per heavy atom. The first-order valence-electron chi connectivity index (χ1n) is 11.8. The Balaban J connectivity index is 1.32. The Labute approximate surface area is 188 Å². The molecule has 1 spiro atoms. The van der Waals surface area contributed by atoms with Gasteiger partial charge in [0.15, 0.2) is 18.2 Å². The molecule has 1 unspecified atom stereocenters. The quantitative estimate of drug-likeness (QED) is 0.495. The van der Waals surface area contributed by atoms with Gasteiger partial charge in [-0.05, 0) is 56.6 Å². The first-order valence-corrected chi connectivity index (χ1v) is 11.8. The Morgan fingerprint density at radius 2 is 2.03 bits per heavy atom. The van der Waals surface area contributed by atoms with Gasteiger partial charge in [-0.15, -0.1) is 0 Å². The number of pyridine rings is 1. The van der Waals surface area contributed by atoms with Crippen LogP contribution in [0.5, 0.6) is 0 Å². The first-order chi connectivity index (χ1) is 15.4. The maximum absolute atomic E-state index is 11.8. The molecule has 0 N–H and O–H groups in total. The molecule has 1 aromatic heterocycles. The second-order valence-electron chi connectivity index (χ2n) is 9.86. The minimum absolute atomic E-state index is 0.114. The summed E-state index contributed by atoms with van der Waals surface area (Å²) in [6.07, 6.45) is 4.66. The second kappa shape index (κ2) is 8.33. The van der Waals surface area contributed by atoms with Crippen molar-refractivity contribution in [3.05, 3.63) is 29.6 Å². The molecule has 1 aliphatic carbocycles. The van der Waals surface area contributed by atoms with Crippen LogP contribution in [-0.4, -0.2) is 41.5 Å². The fourth-order valence-corrected chi connectivity index (χ4v) is 6.08. The number of carbonyl (C=O) groups excluding carboxylic acids is 1. The largest absolute Gasteiger partial charge is 0.461 e. The SMILES string of the molecule is CCOC(=O)c1ccc(CO[C@H]2O[C@@H]3O[C@]4(C)CC[C@H]5[C@H](C)CCC([C@H]2C)[C@@]35OO4)cn1. The van der Waals surface area contributed by atoms with E-state index in [0.717, 1.165) is 31.2 Å². The first kappa shape index (κ1) is 22.2.